The average molecular weight is 284 g/mol. The standard InChI is InChI=1S/C14H11F3OS/c1-10-2-4-11(5-3-10)18-12-6-8-13(9-7-12)19-14(15,16)17/h2-9H,1H3. The lowest BCUT2D eigenvalue weighted by Gasteiger charge is -2.08. The minimum atomic E-state index is -4.26. The van der Waals surface area contributed by atoms with Gasteiger partial charge in [-0.05, 0) is 55.1 Å². The molecule has 0 radical (unpaired) electrons. The van der Waals surface area contributed by atoms with Crippen molar-refractivity contribution in [2.24, 2.45) is 0 Å². The Morgan fingerprint density at radius 1 is 0.842 bits per heavy atom. The first-order chi connectivity index (χ1) is 8.92. The molecule has 0 amide bonds. The van der Waals surface area contributed by atoms with Crippen molar-refractivity contribution in [2.75, 3.05) is 0 Å². The monoisotopic (exact) mass is 284 g/mol. The van der Waals surface area contributed by atoms with Crippen molar-refractivity contribution in [3.63, 3.8) is 0 Å². The highest BCUT2D eigenvalue weighted by Gasteiger charge is 2.28. The first-order valence-corrected chi connectivity index (χ1v) is 6.34. The zero-order valence-corrected chi connectivity index (χ0v) is 10.9. The Morgan fingerprint density at radius 3 is 1.79 bits per heavy atom. The minimum absolute atomic E-state index is 0.138. The number of halogens is 3. The number of hydrogen-bond acceptors (Lipinski definition) is 2. The van der Waals surface area contributed by atoms with Gasteiger partial charge in [-0.1, -0.05) is 17.7 Å². The van der Waals surface area contributed by atoms with Crippen molar-refractivity contribution in [2.45, 2.75) is 17.3 Å². The van der Waals surface area contributed by atoms with Gasteiger partial charge in [-0.2, -0.15) is 13.2 Å². The van der Waals surface area contributed by atoms with E-state index in [0.29, 0.717) is 11.5 Å². The zero-order chi connectivity index (χ0) is 13.9. The summed E-state index contributed by atoms with van der Waals surface area (Å²) in [5.41, 5.74) is -3.15. The molecule has 0 spiro atoms. The maximum Gasteiger partial charge on any atom is 0.446 e. The molecule has 0 aliphatic heterocycles. The van der Waals surface area contributed by atoms with E-state index in [4.69, 9.17) is 4.74 Å². The Balaban J connectivity index is 2.04. The van der Waals surface area contributed by atoms with Gasteiger partial charge < -0.3 is 4.74 Å². The second-order valence-corrected chi connectivity index (χ2v) is 5.07. The molecule has 0 saturated heterocycles. The Bertz CT molecular complexity index is 532. The van der Waals surface area contributed by atoms with Crippen LogP contribution in [0.15, 0.2) is 53.4 Å². The van der Waals surface area contributed by atoms with Gasteiger partial charge >= 0.3 is 5.51 Å². The van der Waals surface area contributed by atoms with Crippen LogP contribution in [0.5, 0.6) is 11.5 Å². The van der Waals surface area contributed by atoms with E-state index in [2.05, 4.69) is 0 Å². The van der Waals surface area contributed by atoms with E-state index in [-0.39, 0.29) is 16.7 Å². The normalized spacial score (nSPS) is 11.4. The molecule has 100 valence electrons. The van der Waals surface area contributed by atoms with Crippen LogP contribution in [0.1, 0.15) is 5.56 Å². The Morgan fingerprint density at radius 2 is 1.32 bits per heavy atom. The summed E-state index contributed by atoms with van der Waals surface area (Å²) in [5, 5.41) is 0. The van der Waals surface area contributed by atoms with Crippen LogP contribution in [-0.4, -0.2) is 5.51 Å². The lowest BCUT2D eigenvalue weighted by molar-refractivity contribution is -0.0328. The molecule has 0 unspecified atom stereocenters. The number of aryl methyl sites for hydroxylation is 1. The summed E-state index contributed by atoms with van der Waals surface area (Å²) in [7, 11) is 0. The van der Waals surface area contributed by atoms with Crippen molar-refractivity contribution in [1.82, 2.24) is 0 Å². The molecule has 0 fully saturated rings. The number of hydrogen-bond donors (Lipinski definition) is 0. The first-order valence-electron chi connectivity index (χ1n) is 5.53. The van der Waals surface area contributed by atoms with Crippen molar-refractivity contribution in [3.05, 3.63) is 54.1 Å². The van der Waals surface area contributed by atoms with Gasteiger partial charge in [0.2, 0.25) is 0 Å². The fourth-order valence-electron chi connectivity index (χ4n) is 1.45. The topological polar surface area (TPSA) is 9.23 Å². The lowest BCUT2D eigenvalue weighted by atomic mass is 10.2. The Labute approximate surface area is 113 Å². The molecule has 2 rings (SSSR count). The summed E-state index contributed by atoms with van der Waals surface area (Å²) >= 11 is -0.138. The van der Waals surface area contributed by atoms with Gasteiger partial charge in [0.1, 0.15) is 11.5 Å². The fraction of sp³-hybridized carbons (Fsp3) is 0.143. The summed E-state index contributed by atoms with van der Waals surface area (Å²) in [4.78, 5) is 0.142. The predicted octanol–water partition coefficient (Wildman–Crippen LogP) is 5.40. The van der Waals surface area contributed by atoms with E-state index in [1.54, 1.807) is 0 Å². The first kappa shape index (κ1) is 13.8. The van der Waals surface area contributed by atoms with Gasteiger partial charge in [-0.3, -0.25) is 0 Å². The van der Waals surface area contributed by atoms with Crippen LogP contribution in [0.2, 0.25) is 0 Å². The predicted molar refractivity (Wildman–Crippen MR) is 69.6 cm³/mol. The van der Waals surface area contributed by atoms with Crippen LogP contribution in [0, 0.1) is 6.92 Å². The fourth-order valence-corrected chi connectivity index (χ4v) is 1.99. The van der Waals surface area contributed by atoms with E-state index >= 15 is 0 Å². The van der Waals surface area contributed by atoms with Crippen LogP contribution in [0.4, 0.5) is 13.2 Å². The highest BCUT2D eigenvalue weighted by Crippen LogP contribution is 2.37. The molecule has 0 aliphatic carbocycles. The smallest absolute Gasteiger partial charge is 0.446 e. The molecule has 0 saturated carbocycles. The maximum atomic E-state index is 12.2. The SMILES string of the molecule is Cc1ccc(Oc2ccc(SC(F)(F)F)cc2)cc1. The molecule has 2 aromatic carbocycles. The lowest BCUT2D eigenvalue weighted by Crippen LogP contribution is -1.98. The quantitative estimate of drug-likeness (QED) is 0.698. The van der Waals surface area contributed by atoms with Crippen LogP contribution in [0.25, 0.3) is 0 Å². The second-order valence-electron chi connectivity index (χ2n) is 3.93. The Kier molecular flexibility index (Phi) is 4.04. The molecule has 19 heavy (non-hydrogen) atoms. The van der Waals surface area contributed by atoms with E-state index < -0.39 is 5.51 Å². The number of rotatable bonds is 3. The molecular weight excluding hydrogens is 273 g/mol. The van der Waals surface area contributed by atoms with E-state index in [9.17, 15) is 13.2 Å². The molecule has 0 bridgehead atoms. The summed E-state index contributed by atoms with van der Waals surface area (Å²) in [6.45, 7) is 1.97. The third kappa shape index (κ3) is 4.52. The van der Waals surface area contributed by atoms with Crippen molar-refractivity contribution in [1.29, 1.82) is 0 Å². The highest BCUT2D eigenvalue weighted by molar-refractivity contribution is 8.00. The van der Waals surface area contributed by atoms with E-state index in [1.807, 2.05) is 31.2 Å². The molecule has 1 nitrogen and oxygen atoms in total. The summed E-state index contributed by atoms with van der Waals surface area (Å²) < 4.78 is 42.0. The van der Waals surface area contributed by atoms with Crippen LogP contribution in [-0.2, 0) is 0 Å². The molecule has 0 aliphatic rings. The number of alkyl halides is 3. The third-order valence-electron chi connectivity index (χ3n) is 2.31. The molecule has 0 heterocycles. The maximum absolute atomic E-state index is 12.2. The molecule has 5 heteroatoms. The molecular formula is C14H11F3OS. The van der Waals surface area contributed by atoms with Gasteiger partial charge in [0.25, 0.3) is 0 Å². The average Bonchev–Trinajstić information content (AvgIpc) is 2.33. The summed E-state index contributed by atoms with van der Waals surface area (Å²) in [5.74, 6) is 1.16. The van der Waals surface area contributed by atoms with Crippen LogP contribution < -0.4 is 4.74 Å². The van der Waals surface area contributed by atoms with Gasteiger partial charge in [0.15, 0.2) is 0 Å². The molecule has 0 atom stereocenters. The van der Waals surface area contributed by atoms with Gasteiger partial charge in [-0.15, -0.1) is 0 Å². The van der Waals surface area contributed by atoms with Crippen LogP contribution in [0.3, 0.4) is 0 Å². The van der Waals surface area contributed by atoms with Crippen LogP contribution >= 0.6 is 11.8 Å². The number of ether oxygens (including phenoxy) is 1. The van der Waals surface area contributed by atoms with Crippen molar-refractivity contribution < 1.29 is 17.9 Å². The molecule has 2 aromatic rings. The number of thioether (sulfide) groups is 1. The second kappa shape index (κ2) is 5.57. The summed E-state index contributed by atoms with van der Waals surface area (Å²) in [6.07, 6.45) is 0. The van der Waals surface area contributed by atoms with E-state index in [1.165, 1.54) is 24.3 Å². The number of benzene rings is 2. The van der Waals surface area contributed by atoms with Gasteiger partial charge in [0, 0.05) is 4.90 Å². The van der Waals surface area contributed by atoms with Crippen molar-refractivity contribution >= 4 is 11.8 Å². The van der Waals surface area contributed by atoms with Crippen molar-refractivity contribution in [3.8, 4) is 11.5 Å². The largest absolute Gasteiger partial charge is 0.457 e. The highest BCUT2D eigenvalue weighted by atomic mass is 32.2. The summed E-state index contributed by atoms with van der Waals surface area (Å²) in [6, 6.07) is 13.3. The zero-order valence-electron chi connectivity index (χ0n) is 10.1. The van der Waals surface area contributed by atoms with Gasteiger partial charge in [0.05, 0.1) is 0 Å². The third-order valence-corrected chi connectivity index (χ3v) is 3.05. The molecule has 0 N–H and O–H groups in total. The minimum Gasteiger partial charge on any atom is -0.457 e. The molecule has 0 aromatic heterocycles. The van der Waals surface area contributed by atoms with E-state index in [0.717, 1.165) is 5.56 Å². The Hall–Kier alpha value is -1.62. The van der Waals surface area contributed by atoms with Gasteiger partial charge in [-0.25, -0.2) is 0 Å².